The van der Waals surface area contributed by atoms with Crippen molar-refractivity contribution < 1.29 is 0 Å². The standard InChI is InChI=1S/C5H5N5S2/c1-10-5(11)6-4(8-10)3-2-12-9-7-3/h2H,1H3,(H,6,8,11). The van der Waals surface area contributed by atoms with Gasteiger partial charge in [0.2, 0.25) is 4.77 Å². The average molecular weight is 199 g/mol. The molecule has 0 aliphatic rings. The molecule has 0 aromatic carbocycles. The lowest BCUT2D eigenvalue weighted by Crippen LogP contribution is -1.89. The maximum absolute atomic E-state index is 4.92. The second kappa shape index (κ2) is 2.76. The minimum Gasteiger partial charge on any atom is -0.278 e. The van der Waals surface area contributed by atoms with E-state index in [2.05, 4.69) is 19.7 Å². The van der Waals surface area contributed by atoms with Gasteiger partial charge in [0.25, 0.3) is 0 Å². The van der Waals surface area contributed by atoms with E-state index in [1.54, 1.807) is 11.7 Å². The van der Waals surface area contributed by atoms with E-state index < -0.39 is 0 Å². The van der Waals surface area contributed by atoms with Crippen molar-refractivity contribution in [3.63, 3.8) is 0 Å². The van der Waals surface area contributed by atoms with Crippen molar-refractivity contribution >= 4 is 23.8 Å². The van der Waals surface area contributed by atoms with Gasteiger partial charge in [-0.2, -0.15) is 4.98 Å². The second-order valence-electron chi connectivity index (χ2n) is 2.20. The Labute approximate surface area is 77.2 Å². The zero-order valence-electron chi connectivity index (χ0n) is 6.18. The summed E-state index contributed by atoms with van der Waals surface area (Å²) in [5, 5.41) is 8.62. The Bertz CT molecular complexity index is 425. The Morgan fingerprint density at radius 1 is 1.67 bits per heavy atom. The van der Waals surface area contributed by atoms with Crippen molar-refractivity contribution in [2.45, 2.75) is 0 Å². The van der Waals surface area contributed by atoms with Gasteiger partial charge in [-0.25, -0.2) is 0 Å². The van der Waals surface area contributed by atoms with E-state index in [4.69, 9.17) is 12.2 Å². The van der Waals surface area contributed by atoms with Crippen molar-refractivity contribution in [1.82, 2.24) is 24.4 Å². The summed E-state index contributed by atoms with van der Waals surface area (Å²) in [6, 6.07) is 0. The molecule has 1 N–H and O–H groups in total. The van der Waals surface area contributed by atoms with Crippen LogP contribution in [0, 0.1) is 4.77 Å². The van der Waals surface area contributed by atoms with Gasteiger partial charge < -0.3 is 0 Å². The predicted octanol–water partition coefficient (Wildman–Crippen LogP) is 0.996. The van der Waals surface area contributed by atoms with E-state index in [1.807, 2.05) is 5.38 Å². The van der Waals surface area contributed by atoms with E-state index in [9.17, 15) is 0 Å². The van der Waals surface area contributed by atoms with Crippen LogP contribution >= 0.6 is 23.8 Å². The number of hydrogen-bond donors (Lipinski definition) is 1. The first kappa shape index (κ1) is 7.56. The number of H-pyrrole nitrogens is 1. The van der Waals surface area contributed by atoms with E-state index in [-0.39, 0.29) is 0 Å². The SMILES string of the molecule is Cn1[nH]c(-c2csnn2)nc1=S. The Hall–Kier alpha value is -1.08. The molecule has 0 aliphatic heterocycles. The molecule has 0 bridgehead atoms. The Morgan fingerprint density at radius 3 is 3.00 bits per heavy atom. The van der Waals surface area contributed by atoms with Crippen molar-refractivity contribution in [1.29, 1.82) is 0 Å². The average Bonchev–Trinajstić information content (AvgIpc) is 2.61. The summed E-state index contributed by atoms with van der Waals surface area (Å²) in [5.41, 5.74) is 0.728. The summed E-state index contributed by atoms with van der Waals surface area (Å²) in [7, 11) is 1.80. The highest BCUT2D eigenvalue weighted by atomic mass is 32.1. The molecule has 2 aromatic rings. The molecule has 0 unspecified atom stereocenters. The molecule has 0 radical (unpaired) electrons. The van der Waals surface area contributed by atoms with Crippen molar-refractivity contribution in [2.24, 2.45) is 7.05 Å². The Kier molecular flexibility index (Phi) is 1.74. The van der Waals surface area contributed by atoms with Crippen LogP contribution in [0.25, 0.3) is 11.5 Å². The van der Waals surface area contributed by atoms with Gasteiger partial charge in [0, 0.05) is 12.4 Å². The third kappa shape index (κ3) is 1.16. The molecule has 0 atom stereocenters. The number of aromatic nitrogens is 5. The van der Waals surface area contributed by atoms with Gasteiger partial charge in [0.15, 0.2) is 5.82 Å². The minimum absolute atomic E-state index is 0.512. The summed E-state index contributed by atoms with van der Waals surface area (Å²) in [5.74, 6) is 0.663. The van der Waals surface area contributed by atoms with Gasteiger partial charge in [-0.05, 0) is 23.8 Å². The molecular formula is C5H5N5S2. The highest BCUT2D eigenvalue weighted by Crippen LogP contribution is 2.11. The lowest BCUT2D eigenvalue weighted by molar-refractivity contribution is 0.755. The van der Waals surface area contributed by atoms with Gasteiger partial charge in [0.1, 0.15) is 5.69 Å². The summed E-state index contributed by atoms with van der Waals surface area (Å²) >= 11 is 6.21. The summed E-state index contributed by atoms with van der Waals surface area (Å²) < 4.78 is 5.89. The summed E-state index contributed by atoms with van der Waals surface area (Å²) in [4.78, 5) is 4.08. The molecule has 0 saturated carbocycles. The van der Waals surface area contributed by atoms with Gasteiger partial charge in [0.05, 0.1) is 0 Å². The fourth-order valence-corrected chi connectivity index (χ4v) is 1.36. The second-order valence-corrected chi connectivity index (χ2v) is 3.18. The van der Waals surface area contributed by atoms with Crippen LogP contribution in [-0.2, 0) is 7.05 Å². The van der Waals surface area contributed by atoms with Crippen LogP contribution in [0.2, 0.25) is 0 Å². The molecule has 0 amide bonds. The maximum Gasteiger partial charge on any atom is 0.216 e. The quantitative estimate of drug-likeness (QED) is 0.696. The normalized spacial score (nSPS) is 10.4. The monoisotopic (exact) mass is 199 g/mol. The van der Waals surface area contributed by atoms with Crippen LogP contribution in [0.5, 0.6) is 0 Å². The molecule has 12 heavy (non-hydrogen) atoms. The lowest BCUT2D eigenvalue weighted by atomic mass is 10.5. The highest BCUT2D eigenvalue weighted by molar-refractivity contribution is 7.71. The number of nitrogens with zero attached hydrogens (tertiary/aromatic N) is 4. The largest absolute Gasteiger partial charge is 0.278 e. The van der Waals surface area contributed by atoms with E-state index >= 15 is 0 Å². The van der Waals surface area contributed by atoms with Crippen LogP contribution in [0.1, 0.15) is 0 Å². The molecule has 2 heterocycles. The predicted molar refractivity (Wildman–Crippen MR) is 47.3 cm³/mol. The maximum atomic E-state index is 4.92. The zero-order valence-corrected chi connectivity index (χ0v) is 7.82. The third-order valence-electron chi connectivity index (χ3n) is 1.37. The van der Waals surface area contributed by atoms with E-state index in [1.165, 1.54) is 11.5 Å². The van der Waals surface area contributed by atoms with Crippen LogP contribution in [0.15, 0.2) is 5.38 Å². The van der Waals surface area contributed by atoms with Crippen molar-refractivity contribution in [3.8, 4) is 11.5 Å². The van der Waals surface area contributed by atoms with Crippen molar-refractivity contribution in [2.75, 3.05) is 0 Å². The minimum atomic E-state index is 0.512. The highest BCUT2D eigenvalue weighted by Gasteiger charge is 2.04. The molecule has 2 aromatic heterocycles. The summed E-state index contributed by atoms with van der Waals surface area (Å²) in [6.45, 7) is 0. The molecular weight excluding hydrogens is 194 g/mol. The number of nitrogens with one attached hydrogen (secondary N) is 1. The first-order valence-corrected chi connectivity index (χ1v) is 4.42. The van der Waals surface area contributed by atoms with Crippen molar-refractivity contribution in [3.05, 3.63) is 10.2 Å². The Balaban J connectivity index is 2.56. The topological polar surface area (TPSA) is 59.4 Å². The van der Waals surface area contributed by atoms with Crippen LogP contribution in [-0.4, -0.2) is 24.4 Å². The molecule has 7 heteroatoms. The van der Waals surface area contributed by atoms with Crippen LogP contribution in [0.3, 0.4) is 0 Å². The smallest absolute Gasteiger partial charge is 0.216 e. The van der Waals surface area contributed by atoms with Gasteiger partial charge in [-0.1, -0.05) is 4.49 Å². The van der Waals surface area contributed by atoms with Crippen LogP contribution < -0.4 is 0 Å². The third-order valence-corrected chi connectivity index (χ3v) is 2.24. The fourth-order valence-electron chi connectivity index (χ4n) is 0.785. The van der Waals surface area contributed by atoms with Gasteiger partial charge in [-0.3, -0.25) is 9.78 Å². The van der Waals surface area contributed by atoms with Gasteiger partial charge in [-0.15, -0.1) is 5.10 Å². The number of aryl methyl sites for hydroxylation is 1. The lowest BCUT2D eigenvalue weighted by Gasteiger charge is -1.86. The first-order valence-electron chi connectivity index (χ1n) is 3.18. The molecule has 5 nitrogen and oxygen atoms in total. The van der Waals surface area contributed by atoms with E-state index in [0.717, 1.165) is 5.69 Å². The molecule has 0 spiro atoms. The number of hydrogen-bond acceptors (Lipinski definition) is 5. The first-order chi connectivity index (χ1) is 5.77. The van der Waals surface area contributed by atoms with Gasteiger partial charge >= 0.3 is 0 Å². The molecule has 2 rings (SSSR count). The zero-order chi connectivity index (χ0) is 8.55. The number of aromatic amines is 1. The summed E-state index contributed by atoms with van der Waals surface area (Å²) in [6.07, 6.45) is 0. The fraction of sp³-hybridized carbons (Fsp3) is 0.200. The molecule has 0 saturated heterocycles. The molecule has 0 fully saturated rings. The van der Waals surface area contributed by atoms with E-state index in [0.29, 0.717) is 10.6 Å². The molecule has 62 valence electrons. The Morgan fingerprint density at radius 2 is 2.50 bits per heavy atom. The molecule has 0 aliphatic carbocycles. The number of rotatable bonds is 1. The van der Waals surface area contributed by atoms with Crippen LogP contribution in [0.4, 0.5) is 0 Å².